The minimum atomic E-state index is -0.761. The number of anilines is 1. The summed E-state index contributed by atoms with van der Waals surface area (Å²) in [6.45, 7) is 3.53. The Kier molecular flexibility index (Phi) is 6.09. The molecular formula is C24H21N5O4. The molecule has 0 saturated carbocycles. The molecule has 33 heavy (non-hydrogen) atoms. The fourth-order valence-electron chi connectivity index (χ4n) is 3.46. The van der Waals surface area contributed by atoms with Gasteiger partial charge in [-0.2, -0.15) is 10.4 Å². The second-order valence-electron chi connectivity index (χ2n) is 7.31. The first kappa shape index (κ1) is 21.6. The molecular weight excluding hydrogens is 422 g/mol. The Morgan fingerprint density at radius 3 is 2.64 bits per heavy atom. The van der Waals surface area contributed by atoms with Gasteiger partial charge in [-0.3, -0.25) is 14.0 Å². The Bertz CT molecular complexity index is 1330. The second kappa shape index (κ2) is 9.28. The molecule has 0 spiro atoms. The van der Waals surface area contributed by atoms with Gasteiger partial charge in [-0.1, -0.05) is 18.2 Å². The van der Waals surface area contributed by atoms with Crippen LogP contribution in [0.25, 0.3) is 5.69 Å². The van der Waals surface area contributed by atoms with E-state index >= 15 is 0 Å². The Labute approximate surface area is 189 Å². The van der Waals surface area contributed by atoms with Crippen LogP contribution < -0.4 is 5.32 Å². The predicted octanol–water partition coefficient (Wildman–Crippen LogP) is 3.60. The topological polar surface area (TPSA) is 115 Å². The maximum absolute atomic E-state index is 12.6. The third-order valence-corrected chi connectivity index (χ3v) is 5.17. The zero-order valence-corrected chi connectivity index (χ0v) is 18.1. The van der Waals surface area contributed by atoms with Crippen LogP contribution in [0.15, 0.2) is 65.3 Å². The maximum Gasteiger partial charge on any atom is 0.374 e. The molecule has 0 saturated heterocycles. The number of benzene rings is 1. The summed E-state index contributed by atoms with van der Waals surface area (Å²) in [7, 11) is 0. The number of nitrogens with one attached hydrogen (secondary N) is 1. The smallest absolute Gasteiger partial charge is 0.374 e. The number of carbonyl (C=O) groups is 2. The van der Waals surface area contributed by atoms with E-state index in [2.05, 4.69) is 16.5 Å². The highest BCUT2D eigenvalue weighted by molar-refractivity contribution is 5.95. The predicted molar refractivity (Wildman–Crippen MR) is 119 cm³/mol. The molecule has 4 aromatic rings. The fourth-order valence-corrected chi connectivity index (χ4v) is 3.46. The second-order valence-corrected chi connectivity index (χ2v) is 7.31. The first-order chi connectivity index (χ1) is 16.0. The molecule has 0 unspecified atom stereocenters. The van der Waals surface area contributed by atoms with E-state index in [0.717, 1.165) is 16.9 Å². The lowest BCUT2D eigenvalue weighted by atomic mass is 10.2. The van der Waals surface area contributed by atoms with Gasteiger partial charge < -0.3 is 14.5 Å². The van der Waals surface area contributed by atoms with Crippen LogP contribution in [-0.2, 0) is 16.1 Å². The van der Waals surface area contributed by atoms with Crippen LogP contribution in [-0.4, -0.2) is 32.8 Å². The zero-order chi connectivity index (χ0) is 23.4. The summed E-state index contributed by atoms with van der Waals surface area (Å²) in [5.41, 5.74) is 2.73. The quantitative estimate of drug-likeness (QED) is 0.437. The molecule has 4 rings (SSSR count). The SMILES string of the molecule is Cc1c(C#N)c(NC(=O)COC(=O)c2ccc(Cn3cccn3)o2)n(-c2ccccc2)c1C. The minimum absolute atomic E-state index is 0.0120. The Morgan fingerprint density at radius 2 is 1.94 bits per heavy atom. The molecule has 9 nitrogen and oxygen atoms in total. The van der Waals surface area contributed by atoms with Crippen molar-refractivity contribution >= 4 is 17.7 Å². The van der Waals surface area contributed by atoms with E-state index in [4.69, 9.17) is 9.15 Å². The molecule has 0 aliphatic rings. The van der Waals surface area contributed by atoms with E-state index in [1.807, 2.05) is 44.2 Å². The van der Waals surface area contributed by atoms with Crippen molar-refractivity contribution < 1.29 is 18.7 Å². The number of rotatable bonds is 7. The minimum Gasteiger partial charge on any atom is -0.452 e. The summed E-state index contributed by atoms with van der Waals surface area (Å²) in [5.74, 6) is -0.484. The van der Waals surface area contributed by atoms with Crippen molar-refractivity contribution in [2.75, 3.05) is 11.9 Å². The zero-order valence-electron chi connectivity index (χ0n) is 18.1. The van der Waals surface area contributed by atoms with Crippen LogP contribution in [0, 0.1) is 25.2 Å². The summed E-state index contributed by atoms with van der Waals surface area (Å²) in [5, 5.41) is 16.4. The van der Waals surface area contributed by atoms with Crippen molar-refractivity contribution in [1.82, 2.24) is 14.3 Å². The molecule has 0 aliphatic carbocycles. The van der Waals surface area contributed by atoms with Gasteiger partial charge in [0, 0.05) is 23.8 Å². The number of amides is 1. The summed E-state index contributed by atoms with van der Waals surface area (Å²) < 4.78 is 14.0. The van der Waals surface area contributed by atoms with Crippen molar-refractivity contribution in [2.45, 2.75) is 20.4 Å². The van der Waals surface area contributed by atoms with Gasteiger partial charge >= 0.3 is 5.97 Å². The first-order valence-electron chi connectivity index (χ1n) is 10.2. The van der Waals surface area contributed by atoms with E-state index in [0.29, 0.717) is 23.7 Å². The molecule has 0 atom stereocenters. The molecule has 1 aromatic carbocycles. The average Bonchev–Trinajstić information content (AvgIpc) is 3.55. The monoisotopic (exact) mass is 443 g/mol. The van der Waals surface area contributed by atoms with Gasteiger partial charge in [0.15, 0.2) is 6.61 Å². The molecule has 0 bridgehead atoms. The normalized spacial score (nSPS) is 10.6. The van der Waals surface area contributed by atoms with Gasteiger partial charge in [0.1, 0.15) is 17.6 Å². The van der Waals surface area contributed by atoms with E-state index < -0.39 is 18.5 Å². The number of ether oxygens (including phenoxy) is 1. The van der Waals surface area contributed by atoms with Crippen molar-refractivity contribution in [3.05, 3.63) is 89.3 Å². The van der Waals surface area contributed by atoms with E-state index in [1.165, 1.54) is 6.07 Å². The largest absolute Gasteiger partial charge is 0.452 e. The molecule has 0 radical (unpaired) electrons. The highest BCUT2D eigenvalue weighted by Gasteiger charge is 2.22. The number of hydrogen-bond donors (Lipinski definition) is 1. The number of hydrogen-bond acceptors (Lipinski definition) is 6. The van der Waals surface area contributed by atoms with Gasteiger partial charge in [-0.15, -0.1) is 0 Å². The molecule has 0 aliphatic heterocycles. The molecule has 0 fully saturated rings. The Balaban J connectivity index is 1.44. The van der Waals surface area contributed by atoms with E-state index in [9.17, 15) is 14.9 Å². The highest BCUT2D eigenvalue weighted by atomic mass is 16.5. The Hall–Kier alpha value is -4.58. The summed E-state index contributed by atoms with van der Waals surface area (Å²) in [4.78, 5) is 24.9. The molecule has 3 aromatic heterocycles. The van der Waals surface area contributed by atoms with Crippen molar-refractivity contribution in [3.8, 4) is 11.8 Å². The number of nitriles is 1. The van der Waals surface area contributed by atoms with E-state index in [-0.39, 0.29) is 5.76 Å². The van der Waals surface area contributed by atoms with Crippen LogP contribution in [0.4, 0.5) is 5.82 Å². The van der Waals surface area contributed by atoms with Crippen LogP contribution in [0.1, 0.15) is 33.1 Å². The van der Waals surface area contributed by atoms with Crippen molar-refractivity contribution in [3.63, 3.8) is 0 Å². The third-order valence-electron chi connectivity index (χ3n) is 5.17. The molecule has 166 valence electrons. The van der Waals surface area contributed by atoms with Gasteiger partial charge in [0.05, 0.1) is 12.1 Å². The van der Waals surface area contributed by atoms with Gasteiger partial charge in [0.25, 0.3) is 5.91 Å². The van der Waals surface area contributed by atoms with Crippen molar-refractivity contribution in [2.24, 2.45) is 0 Å². The molecule has 1 N–H and O–H groups in total. The van der Waals surface area contributed by atoms with Gasteiger partial charge in [-0.05, 0) is 49.7 Å². The molecule has 1 amide bonds. The standard InChI is InChI=1S/C24H21N5O4/c1-16-17(2)29(18-7-4-3-5-8-18)23(20(16)13-25)27-22(30)15-32-24(31)21-10-9-19(33-21)14-28-12-6-11-26-28/h3-12H,14-15H2,1-2H3,(H,27,30). The fraction of sp³-hybridized carbons (Fsp3) is 0.167. The summed E-state index contributed by atoms with van der Waals surface area (Å²) in [6.07, 6.45) is 3.42. The first-order valence-corrected chi connectivity index (χ1v) is 10.2. The lowest BCUT2D eigenvalue weighted by Gasteiger charge is -2.13. The number of furan rings is 1. The van der Waals surface area contributed by atoms with Crippen LogP contribution in [0.2, 0.25) is 0 Å². The number of nitrogens with zero attached hydrogens (tertiary/aromatic N) is 4. The summed E-state index contributed by atoms with van der Waals surface area (Å²) >= 11 is 0. The number of esters is 1. The average molecular weight is 443 g/mol. The molecule has 9 heteroatoms. The highest BCUT2D eigenvalue weighted by Crippen LogP contribution is 2.29. The van der Waals surface area contributed by atoms with Gasteiger partial charge in [0.2, 0.25) is 5.76 Å². The van der Waals surface area contributed by atoms with E-state index in [1.54, 1.807) is 33.8 Å². The maximum atomic E-state index is 12.6. The number of para-hydroxylation sites is 1. The number of carbonyl (C=O) groups excluding carboxylic acids is 2. The van der Waals surface area contributed by atoms with Crippen LogP contribution in [0.5, 0.6) is 0 Å². The van der Waals surface area contributed by atoms with Gasteiger partial charge in [-0.25, -0.2) is 4.79 Å². The third kappa shape index (κ3) is 4.55. The van der Waals surface area contributed by atoms with Crippen LogP contribution >= 0.6 is 0 Å². The molecule has 3 heterocycles. The summed E-state index contributed by atoms with van der Waals surface area (Å²) in [6, 6.07) is 16.4. The number of aromatic nitrogens is 3. The lowest BCUT2D eigenvalue weighted by Crippen LogP contribution is -2.22. The van der Waals surface area contributed by atoms with Crippen LogP contribution in [0.3, 0.4) is 0 Å². The Morgan fingerprint density at radius 1 is 1.15 bits per heavy atom. The van der Waals surface area contributed by atoms with Crippen molar-refractivity contribution in [1.29, 1.82) is 5.26 Å². The lowest BCUT2D eigenvalue weighted by molar-refractivity contribution is -0.119.